The van der Waals surface area contributed by atoms with Gasteiger partial charge in [0.05, 0.1) is 16.5 Å². The summed E-state index contributed by atoms with van der Waals surface area (Å²) in [5.41, 5.74) is 0.992. The third kappa shape index (κ3) is 3.79. The summed E-state index contributed by atoms with van der Waals surface area (Å²) in [5, 5.41) is 8.85. The van der Waals surface area contributed by atoms with Crippen molar-refractivity contribution in [2.75, 3.05) is 0 Å². The van der Waals surface area contributed by atoms with Crippen molar-refractivity contribution in [3.05, 3.63) is 29.3 Å². The van der Waals surface area contributed by atoms with Crippen molar-refractivity contribution in [3.8, 4) is 6.07 Å². The van der Waals surface area contributed by atoms with Gasteiger partial charge in [0.15, 0.2) is 0 Å². The van der Waals surface area contributed by atoms with Gasteiger partial charge in [0.1, 0.15) is 0 Å². The minimum Gasteiger partial charge on any atom is -0.208 e. The highest BCUT2D eigenvalue weighted by molar-refractivity contribution is 7.89. The molecule has 0 aliphatic carbocycles. The summed E-state index contributed by atoms with van der Waals surface area (Å²) in [6, 6.07) is 6.36. The number of nitrogens with one attached hydrogen (secondary N) is 1. The molecule has 0 aliphatic rings. The van der Waals surface area contributed by atoms with E-state index in [-0.39, 0.29) is 16.4 Å². The Morgan fingerprint density at radius 1 is 1.32 bits per heavy atom. The summed E-state index contributed by atoms with van der Waals surface area (Å²) in [4.78, 5) is 0.195. The van der Waals surface area contributed by atoms with E-state index in [1.807, 2.05) is 33.8 Å². The van der Waals surface area contributed by atoms with Crippen molar-refractivity contribution < 1.29 is 8.42 Å². The van der Waals surface area contributed by atoms with Crippen LogP contribution in [0.15, 0.2) is 23.1 Å². The van der Waals surface area contributed by atoms with E-state index in [1.165, 1.54) is 18.2 Å². The van der Waals surface area contributed by atoms with Crippen LogP contribution >= 0.6 is 0 Å². The van der Waals surface area contributed by atoms with Gasteiger partial charge in [-0.3, -0.25) is 0 Å². The van der Waals surface area contributed by atoms with Crippen molar-refractivity contribution in [1.82, 2.24) is 4.72 Å². The first-order valence-electron chi connectivity index (χ1n) is 6.11. The van der Waals surface area contributed by atoms with Gasteiger partial charge in [0.25, 0.3) is 0 Å². The van der Waals surface area contributed by atoms with Gasteiger partial charge in [0.2, 0.25) is 10.0 Å². The van der Waals surface area contributed by atoms with Gasteiger partial charge in [-0.1, -0.05) is 20.8 Å². The lowest BCUT2D eigenvalue weighted by atomic mass is 9.89. The fourth-order valence-electron chi connectivity index (χ4n) is 1.41. The lowest BCUT2D eigenvalue weighted by Gasteiger charge is -2.27. The van der Waals surface area contributed by atoms with Gasteiger partial charge in [-0.25, -0.2) is 13.1 Å². The van der Waals surface area contributed by atoms with Crippen LogP contribution in [0.3, 0.4) is 0 Å². The first kappa shape index (κ1) is 15.7. The molecule has 1 aromatic rings. The molecular weight excluding hydrogens is 260 g/mol. The number of benzene rings is 1. The molecule has 0 aliphatic heterocycles. The van der Waals surface area contributed by atoms with Crippen LogP contribution in [0, 0.1) is 23.7 Å². The molecule has 0 saturated heterocycles. The van der Waals surface area contributed by atoms with E-state index >= 15 is 0 Å². The lowest BCUT2D eigenvalue weighted by Crippen LogP contribution is -2.41. The minimum atomic E-state index is -3.55. The Kier molecular flexibility index (Phi) is 4.39. The smallest absolute Gasteiger partial charge is 0.208 e. The standard InChI is InChI=1S/C14H20N2O2S/c1-10-8-13(7-6-12(10)9-15)19(17,18)16-11(2)14(3,4)5/h6-8,11,16H,1-5H3. The largest absolute Gasteiger partial charge is 0.240 e. The molecule has 0 radical (unpaired) electrons. The van der Waals surface area contributed by atoms with E-state index < -0.39 is 10.0 Å². The highest BCUT2D eigenvalue weighted by Crippen LogP contribution is 2.21. The topological polar surface area (TPSA) is 70.0 Å². The summed E-state index contributed by atoms with van der Waals surface area (Å²) in [7, 11) is -3.55. The molecule has 1 aromatic carbocycles. The monoisotopic (exact) mass is 280 g/mol. The fourth-order valence-corrected chi connectivity index (χ4v) is 2.94. The molecule has 0 heterocycles. The Morgan fingerprint density at radius 2 is 1.89 bits per heavy atom. The van der Waals surface area contributed by atoms with Crippen LogP contribution in [0.1, 0.15) is 38.8 Å². The second kappa shape index (κ2) is 5.32. The molecular formula is C14H20N2O2S. The predicted molar refractivity (Wildman–Crippen MR) is 75.1 cm³/mol. The van der Waals surface area contributed by atoms with Crippen LogP contribution in [0.25, 0.3) is 0 Å². The van der Waals surface area contributed by atoms with Crippen LogP contribution in [0.2, 0.25) is 0 Å². The van der Waals surface area contributed by atoms with Crippen molar-refractivity contribution in [2.45, 2.75) is 45.6 Å². The molecule has 104 valence electrons. The second-order valence-corrected chi connectivity index (χ2v) is 7.51. The fraction of sp³-hybridized carbons (Fsp3) is 0.500. The van der Waals surface area contributed by atoms with E-state index in [0.717, 1.165) is 0 Å². The van der Waals surface area contributed by atoms with Gasteiger partial charge < -0.3 is 0 Å². The van der Waals surface area contributed by atoms with Crippen molar-refractivity contribution >= 4 is 10.0 Å². The molecule has 1 unspecified atom stereocenters. The van der Waals surface area contributed by atoms with Crippen molar-refractivity contribution in [1.29, 1.82) is 5.26 Å². The Morgan fingerprint density at radius 3 is 2.32 bits per heavy atom. The highest BCUT2D eigenvalue weighted by atomic mass is 32.2. The number of aryl methyl sites for hydroxylation is 1. The first-order valence-corrected chi connectivity index (χ1v) is 7.59. The number of nitrogens with zero attached hydrogens (tertiary/aromatic N) is 1. The molecule has 0 aromatic heterocycles. The van der Waals surface area contributed by atoms with Crippen molar-refractivity contribution in [3.63, 3.8) is 0 Å². The molecule has 5 heteroatoms. The van der Waals surface area contributed by atoms with E-state index in [2.05, 4.69) is 4.72 Å². The van der Waals surface area contributed by atoms with E-state index in [1.54, 1.807) is 6.92 Å². The van der Waals surface area contributed by atoms with Gasteiger partial charge in [-0.05, 0) is 43.0 Å². The third-order valence-electron chi connectivity index (χ3n) is 3.26. The predicted octanol–water partition coefficient (Wildman–Crippen LogP) is 2.58. The van der Waals surface area contributed by atoms with E-state index in [0.29, 0.717) is 11.1 Å². The van der Waals surface area contributed by atoms with Gasteiger partial charge >= 0.3 is 0 Å². The average Bonchev–Trinajstić information content (AvgIpc) is 2.27. The summed E-state index contributed by atoms with van der Waals surface area (Å²) < 4.78 is 27.2. The zero-order valence-corrected chi connectivity index (χ0v) is 12.8. The first-order chi connectivity index (χ1) is 8.58. The molecule has 0 fully saturated rings. The van der Waals surface area contributed by atoms with E-state index in [9.17, 15) is 8.42 Å². The number of hydrogen-bond donors (Lipinski definition) is 1. The summed E-state index contributed by atoms with van der Waals surface area (Å²) in [6.07, 6.45) is 0. The molecule has 0 amide bonds. The quantitative estimate of drug-likeness (QED) is 0.925. The summed E-state index contributed by atoms with van der Waals surface area (Å²) in [6.45, 7) is 9.50. The summed E-state index contributed by atoms with van der Waals surface area (Å²) in [5.74, 6) is 0. The zero-order chi connectivity index (χ0) is 14.8. The van der Waals surface area contributed by atoms with Gasteiger partial charge in [-0.15, -0.1) is 0 Å². The molecule has 1 rings (SSSR count). The van der Waals surface area contributed by atoms with Gasteiger partial charge in [-0.2, -0.15) is 5.26 Å². The van der Waals surface area contributed by atoms with Crippen LogP contribution in [0.4, 0.5) is 0 Å². The molecule has 0 spiro atoms. The van der Waals surface area contributed by atoms with E-state index in [4.69, 9.17) is 5.26 Å². The molecule has 1 atom stereocenters. The number of sulfonamides is 1. The maximum atomic E-state index is 12.2. The van der Waals surface area contributed by atoms with Crippen LogP contribution < -0.4 is 4.72 Å². The molecule has 0 saturated carbocycles. The number of nitriles is 1. The normalized spacial score (nSPS) is 13.9. The molecule has 0 bridgehead atoms. The Hall–Kier alpha value is -1.38. The van der Waals surface area contributed by atoms with Gasteiger partial charge in [0, 0.05) is 6.04 Å². The minimum absolute atomic E-state index is 0.158. The number of hydrogen-bond acceptors (Lipinski definition) is 3. The second-order valence-electron chi connectivity index (χ2n) is 5.80. The van der Waals surface area contributed by atoms with Crippen molar-refractivity contribution in [2.24, 2.45) is 5.41 Å². The van der Waals surface area contributed by atoms with Crippen LogP contribution in [-0.4, -0.2) is 14.5 Å². The average molecular weight is 280 g/mol. The number of rotatable bonds is 3. The Bertz CT molecular complexity index is 607. The highest BCUT2D eigenvalue weighted by Gasteiger charge is 2.26. The maximum Gasteiger partial charge on any atom is 0.240 e. The third-order valence-corrected chi connectivity index (χ3v) is 4.80. The molecule has 19 heavy (non-hydrogen) atoms. The van der Waals surface area contributed by atoms with Crippen LogP contribution in [-0.2, 0) is 10.0 Å². The Balaban J connectivity index is 3.09. The van der Waals surface area contributed by atoms with Crippen LogP contribution in [0.5, 0.6) is 0 Å². The summed E-state index contributed by atoms with van der Waals surface area (Å²) >= 11 is 0. The SMILES string of the molecule is Cc1cc(S(=O)(=O)NC(C)C(C)(C)C)ccc1C#N. The zero-order valence-electron chi connectivity index (χ0n) is 12.0. The molecule has 1 N–H and O–H groups in total. The maximum absolute atomic E-state index is 12.2. The Labute approximate surface area is 115 Å². The lowest BCUT2D eigenvalue weighted by molar-refractivity contribution is 0.317. The molecule has 4 nitrogen and oxygen atoms in total.